The van der Waals surface area contributed by atoms with Gasteiger partial charge < -0.3 is 15.2 Å². The number of methoxy groups -OCH3 is 2. The molecule has 1 aromatic carbocycles. The van der Waals surface area contributed by atoms with Crippen molar-refractivity contribution < 1.29 is 14.3 Å². The lowest BCUT2D eigenvalue weighted by Crippen LogP contribution is -2.09. The first-order valence-corrected chi connectivity index (χ1v) is 7.13. The first kappa shape index (κ1) is 15.9. The second-order valence-corrected chi connectivity index (χ2v) is 5.17. The van der Waals surface area contributed by atoms with E-state index in [0.717, 1.165) is 16.7 Å². The van der Waals surface area contributed by atoms with E-state index in [1.807, 2.05) is 12.1 Å². The fourth-order valence-corrected chi connectivity index (χ4v) is 2.81. The van der Waals surface area contributed by atoms with Crippen molar-refractivity contribution in [3.63, 3.8) is 0 Å². The number of hydrogen-bond acceptors (Lipinski definition) is 4. The lowest BCUT2D eigenvalue weighted by molar-refractivity contribution is 0.0936. The minimum Gasteiger partial charge on any atom is -0.493 e. The molecule has 0 aromatic heterocycles. The summed E-state index contributed by atoms with van der Waals surface area (Å²) in [7, 11) is 3.16. The fourth-order valence-electron chi connectivity index (χ4n) is 2.81. The quantitative estimate of drug-likeness (QED) is 0.820. The zero-order chi connectivity index (χ0) is 16.1. The Hall–Kier alpha value is -2.49. The molecule has 116 valence electrons. The Labute approximate surface area is 130 Å². The van der Waals surface area contributed by atoms with Crippen LogP contribution in [-0.2, 0) is 6.42 Å². The van der Waals surface area contributed by atoms with E-state index in [9.17, 15) is 4.79 Å². The average molecular weight is 299 g/mol. The highest BCUT2D eigenvalue weighted by Gasteiger charge is 2.32. The van der Waals surface area contributed by atoms with E-state index in [2.05, 4.69) is 6.58 Å². The molecule has 0 saturated heterocycles. The van der Waals surface area contributed by atoms with E-state index in [0.29, 0.717) is 24.3 Å². The molecular weight excluding hydrogens is 278 g/mol. The first-order chi connectivity index (χ1) is 10.6. The minimum absolute atomic E-state index is 0.0887. The topological polar surface area (TPSA) is 61.6 Å². The molecule has 1 aliphatic rings. The highest BCUT2D eigenvalue weighted by Crippen LogP contribution is 2.38. The van der Waals surface area contributed by atoms with Gasteiger partial charge in [0, 0.05) is 11.5 Å². The number of hydrogen-bond donors (Lipinski definition) is 1. The first-order valence-electron chi connectivity index (χ1n) is 7.13. The van der Waals surface area contributed by atoms with Gasteiger partial charge >= 0.3 is 0 Å². The van der Waals surface area contributed by atoms with E-state index in [4.69, 9.17) is 15.2 Å². The van der Waals surface area contributed by atoms with Gasteiger partial charge in [-0.25, -0.2) is 0 Å². The molecule has 4 heteroatoms. The van der Waals surface area contributed by atoms with Crippen LogP contribution in [0, 0.1) is 5.92 Å². The summed E-state index contributed by atoms with van der Waals surface area (Å²) in [4.78, 5) is 12.6. The molecular formula is C18H21NO3. The van der Waals surface area contributed by atoms with Gasteiger partial charge in [-0.2, -0.15) is 0 Å². The average Bonchev–Trinajstić information content (AvgIpc) is 2.82. The molecule has 22 heavy (non-hydrogen) atoms. The van der Waals surface area contributed by atoms with E-state index < -0.39 is 0 Å². The Morgan fingerprint density at radius 2 is 2.05 bits per heavy atom. The van der Waals surface area contributed by atoms with Crippen molar-refractivity contribution in [2.75, 3.05) is 14.2 Å². The molecule has 0 heterocycles. The van der Waals surface area contributed by atoms with E-state index in [1.165, 1.54) is 6.20 Å². The maximum atomic E-state index is 12.6. The van der Waals surface area contributed by atoms with Crippen molar-refractivity contribution in [2.45, 2.75) is 12.8 Å². The molecule has 0 radical (unpaired) electrons. The third kappa shape index (κ3) is 3.06. The molecule has 0 saturated carbocycles. The number of carbonyl (C=O) groups excluding carboxylic acids is 1. The Morgan fingerprint density at radius 3 is 2.64 bits per heavy atom. The van der Waals surface area contributed by atoms with Crippen molar-refractivity contribution in [1.29, 1.82) is 0 Å². The Balaban J connectivity index is 2.28. The number of fused-ring (bicyclic) bond motifs is 1. The van der Waals surface area contributed by atoms with Crippen LogP contribution >= 0.6 is 0 Å². The van der Waals surface area contributed by atoms with Gasteiger partial charge in [0.15, 0.2) is 17.3 Å². The largest absolute Gasteiger partial charge is 0.493 e. The number of Topliss-reactive ketones (excluding diaryl/α,β-unsaturated/α-hetero) is 1. The molecule has 0 aliphatic heterocycles. The Kier molecular flexibility index (Phi) is 5.04. The van der Waals surface area contributed by atoms with Crippen molar-refractivity contribution in [3.8, 4) is 11.5 Å². The molecule has 1 aliphatic carbocycles. The molecule has 4 nitrogen and oxygen atoms in total. The Bertz CT molecular complexity index is 644. The standard InChI is InChI=1S/C18H21NO3/c1-4-5-12(6-7-19)8-14-9-13-10-16(21-2)17(22-3)11-15(13)18(14)20/h4-7,10-11,14H,1,8-9,19H2,2-3H3/b7-6-,12-5+. The third-order valence-electron chi connectivity index (χ3n) is 3.84. The number of ether oxygens (including phenoxy) is 2. The van der Waals surface area contributed by atoms with Crippen LogP contribution < -0.4 is 15.2 Å². The van der Waals surface area contributed by atoms with Crippen LogP contribution in [0.25, 0.3) is 0 Å². The summed E-state index contributed by atoms with van der Waals surface area (Å²) in [6.07, 6.45) is 8.20. The van der Waals surface area contributed by atoms with Gasteiger partial charge in [0.2, 0.25) is 0 Å². The number of allylic oxidation sites excluding steroid dienone is 4. The molecule has 0 spiro atoms. The molecule has 2 rings (SSSR count). The van der Waals surface area contributed by atoms with Crippen molar-refractivity contribution in [1.82, 2.24) is 0 Å². The van der Waals surface area contributed by atoms with Crippen molar-refractivity contribution in [2.24, 2.45) is 11.7 Å². The highest BCUT2D eigenvalue weighted by molar-refractivity contribution is 6.03. The fraction of sp³-hybridized carbons (Fsp3) is 0.278. The van der Waals surface area contributed by atoms with Gasteiger partial charge in [0.05, 0.1) is 14.2 Å². The lowest BCUT2D eigenvalue weighted by atomic mass is 9.95. The summed E-state index contributed by atoms with van der Waals surface area (Å²) in [6, 6.07) is 3.66. The van der Waals surface area contributed by atoms with Crippen LogP contribution in [0.15, 0.2) is 48.7 Å². The molecule has 0 bridgehead atoms. The third-order valence-corrected chi connectivity index (χ3v) is 3.84. The van der Waals surface area contributed by atoms with Crippen LogP contribution in [-0.4, -0.2) is 20.0 Å². The summed E-state index contributed by atoms with van der Waals surface area (Å²) < 4.78 is 10.6. The second kappa shape index (κ2) is 6.98. The number of rotatable bonds is 6. The zero-order valence-electron chi connectivity index (χ0n) is 13.0. The molecule has 1 aromatic rings. The highest BCUT2D eigenvalue weighted by atomic mass is 16.5. The zero-order valence-corrected chi connectivity index (χ0v) is 13.0. The predicted octanol–water partition coefficient (Wildman–Crippen LogP) is 3.03. The normalized spacial score (nSPS) is 17.6. The Morgan fingerprint density at radius 1 is 1.36 bits per heavy atom. The van der Waals surface area contributed by atoms with E-state index in [1.54, 1.807) is 32.4 Å². The maximum absolute atomic E-state index is 12.6. The monoisotopic (exact) mass is 299 g/mol. The van der Waals surface area contributed by atoms with Gasteiger partial charge in [0.25, 0.3) is 0 Å². The number of ketones is 1. The summed E-state index contributed by atoms with van der Waals surface area (Å²) in [5.74, 6) is 1.28. The van der Waals surface area contributed by atoms with Gasteiger partial charge in [-0.15, -0.1) is 0 Å². The summed E-state index contributed by atoms with van der Waals surface area (Å²) in [6.45, 7) is 3.69. The van der Waals surface area contributed by atoms with Gasteiger partial charge in [-0.05, 0) is 48.4 Å². The number of carbonyl (C=O) groups is 1. The predicted molar refractivity (Wildman–Crippen MR) is 87.3 cm³/mol. The van der Waals surface area contributed by atoms with E-state index >= 15 is 0 Å². The van der Waals surface area contributed by atoms with Crippen molar-refractivity contribution >= 4 is 5.78 Å². The van der Waals surface area contributed by atoms with Crippen LogP contribution in [0.4, 0.5) is 0 Å². The van der Waals surface area contributed by atoms with Gasteiger partial charge in [-0.1, -0.05) is 18.7 Å². The van der Waals surface area contributed by atoms with Crippen LogP contribution in [0.5, 0.6) is 11.5 Å². The summed E-state index contributed by atoms with van der Waals surface area (Å²) >= 11 is 0. The van der Waals surface area contributed by atoms with Crippen LogP contribution in [0.3, 0.4) is 0 Å². The smallest absolute Gasteiger partial charge is 0.167 e. The molecule has 1 unspecified atom stereocenters. The number of nitrogens with two attached hydrogens (primary N) is 1. The number of benzene rings is 1. The maximum Gasteiger partial charge on any atom is 0.167 e. The molecule has 2 N–H and O–H groups in total. The minimum atomic E-state index is -0.0887. The second-order valence-electron chi connectivity index (χ2n) is 5.17. The van der Waals surface area contributed by atoms with Crippen molar-refractivity contribution in [3.05, 3.63) is 59.8 Å². The SMILES string of the molecule is C=C/C=C(\C=C/N)CC1Cc2cc(OC)c(OC)cc2C1=O. The molecule has 0 fully saturated rings. The lowest BCUT2D eigenvalue weighted by Gasteiger charge is -2.09. The van der Waals surface area contributed by atoms with Crippen LogP contribution in [0.2, 0.25) is 0 Å². The van der Waals surface area contributed by atoms with Gasteiger partial charge in [0.1, 0.15) is 0 Å². The van der Waals surface area contributed by atoms with E-state index in [-0.39, 0.29) is 11.7 Å². The summed E-state index contributed by atoms with van der Waals surface area (Å²) in [5.41, 5.74) is 8.17. The summed E-state index contributed by atoms with van der Waals surface area (Å²) in [5, 5.41) is 0. The molecule has 0 amide bonds. The molecule has 1 atom stereocenters. The van der Waals surface area contributed by atoms with Gasteiger partial charge in [-0.3, -0.25) is 4.79 Å². The van der Waals surface area contributed by atoms with Crippen LogP contribution in [0.1, 0.15) is 22.3 Å².